The summed E-state index contributed by atoms with van der Waals surface area (Å²) in [7, 11) is 3.01. The molecule has 0 unspecified atom stereocenters. The van der Waals surface area contributed by atoms with E-state index in [2.05, 4.69) is 0 Å². The van der Waals surface area contributed by atoms with Gasteiger partial charge in [-0.2, -0.15) is 0 Å². The molecule has 0 rings (SSSR count). The van der Waals surface area contributed by atoms with Gasteiger partial charge in [-0.25, -0.2) is 0 Å². The molecule has 5 heteroatoms. The molecule has 68 valence electrons. The third-order valence-electron chi connectivity index (χ3n) is 1.01. The number of rotatable bonds is 5. The first kappa shape index (κ1) is 11.5. The van der Waals surface area contributed by atoms with Gasteiger partial charge in [0.15, 0.2) is 0 Å². The summed E-state index contributed by atoms with van der Waals surface area (Å²) in [6, 6.07) is 0. The molecule has 0 bridgehead atoms. The predicted octanol–water partition coefficient (Wildman–Crippen LogP) is 2.18. The minimum Gasteiger partial charge on any atom is -0.312 e. The summed E-state index contributed by atoms with van der Waals surface area (Å²) in [6.45, 7) is 2.27. The largest absolute Gasteiger partial charge is 0.326 e. The zero-order valence-electron chi connectivity index (χ0n) is 7.36. The van der Waals surface area contributed by atoms with Crippen LogP contribution in [0, 0.1) is 5.92 Å². The van der Waals surface area contributed by atoms with Gasteiger partial charge in [-0.05, 0) is 17.7 Å². The van der Waals surface area contributed by atoms with Gasteiger partial charge in [0.2, 0.25) is 0 Å². The van der Waals surface area contributed by atoms with Crippen LogP contribution in [0.2, 0.25) is 0 Å². The Hall–Kier alpha value is 0.530. The number of hydrogen-bond donors (Lipinski definition) is 0. The van der Waals surface area contributed by atoms with Gasteiger partial charge in [-0.15, -0.1) is 0 Å². The van der Waals surface area contributed by atoms with E-state index in [-0.39, 0.29) is 0 Å². The molecule has 0 fully saturated rings. The van der Waals surface area contributed by atoms with Crippen molar-refractivity contribution in [1.29, 1.82) is 0 Å². The second kappa shape index (κ2) is 5.22. The molecule has 0 saturated heterocycles. The summed E-state index contributed by atoms with van der Waals surface area (Å²) < 4.78 is 15.1. The Balaban J connectivity index is 3.79. The summed E-state index contributed by atoms with van der Waals surface area (Å²) in [5.41, 5.74) is 0. The minimum absolute atomic E-state index is 0.447. The minimum atomic E-state index is -2.40. The van der Waals surface area contributed by atoms with E-state index >= 15 is 0 Å². The molecule has 0 atom stereocenters. The van der Waals surface area contributed by atoms with Gasteiger partial charge < -0.3 is 13.6 Å². The zero-order chi connectivity index (χ0) is 8.91. The molecule has 0 heterocycles. The van der Waals surface area contributed by atoms with Crippen molar-refractivity contribution in [3.8, 4) is 0 Å². The molecule has 0 saturated carbocycles. The summed E-state index contributed by atoms with van der Waals surface area (Å²) in [5, 5.41) is 0. The molecule has 0 aromatic rings. The highest BCUT2D eigenvalue weighted by Crippen LogP contribution is 2.48. The van der Waals surface area contributed by atoms with Crippen molar-refractivity contribution in [1.82, 2.24) is 0 Å². The molecule has 0 aliphatic carbocycles. The SMILES string of the molecule is COP(=S)(OC)OCC(C)C. The summed E-state index contributed by atoms with van der Waals surface area (Å²) in [5.74, 6) is 0.447. The quantitative estimate of drug-likeness (QED) is 0.633. The van der Waals surface area contributed by atoms with Crippen molar-refractivity contribution in [2.75, 3.05) is 20.8 Å². The lowest BCUT2D eigenvalue weighted by Gasteiger charge is -2.18. The van der Waals surface area contributed by atoms with Crippen LogP contribution in [0.25, 0.3) is 0 Å². The summed E-state index contributed by atoms with van der Waals surface area (Å²) >= 11 is 4.97. The maximum absolute atomic E-state index is 5.27. The van der Waals surface area contributed by atoms with Gasteiger partial charge in [-0.1, -0.05) is 13.8 Å². The second-order valence-corrected chi connectivity index (χ2v) is 5.73. The molecule has 0 aromatic carbocycles. The van der Waals surface area contributed by atoms with Crippen molar-refractivity contribution < 1.29 is 13.6 Å². The van der Waals surface area contributed by atoms with Crippen LogP contribution in [-0.2, 0) is 25.4 Å². The van der Waals surface area contributed by atoms with Crippen molar-refractivity contribution in [2.45, 2.75) is 13.8 Å². The Morgan fingerprint density at radius 1 is 1.27 bits per heavy atom. The van der Waals surface area contributed by atoms with E-state index in [4.69, 9.17) is 25.4 Å². The highest BCUT2D eigenvalue weighted by Gasteiger charge is 2.16. The van der Waals surface area contributed by atoms with Crippen LogP contribution in [0.3, 0.4) is 0 Å². The highest BCUT2D eigenvalue weighted by molar-refractivity contribution is 8.07. The normalized spacial score (nSPS) is 12.5. The maximum Gasteiger partial charge on any atom is 0.326 e. The Morgan fingerprint density at radius 3 is 2.00 bits per heavy atom. The molecule has 0 spiro atoms. The van der Waals surface area contributed by atoms with Gasteiger partial charge in [0.05, 0.1) is 6.61 Å². The van der Waals surface area contributed by atoms with E-state index in [0.29, 0.717) is 12.5 Å². The lowest BCUT2D eigenvalue weighted by molar-refractivity contribution is 0.184. The van der Waals surface area contributed by atoms with Crippen LogP contribution in [0.4, 0.5) is 0 Å². The average Bonchev–Trinajstić information content (AvgIpc) is 2.00. The van der Waals surface area contributed by atoms with Crippen LogP contribution >= 0.6 is 6.72 Å². The van der Waals surface area contributed by atoms with Gasteiger partial charge in [0.1, 0.15) is 0 Å². The number of hydrogen-bond acceptors (Lipinski definition) is 4. The van der Waals surface area contributed by atoms with Gasteiger partial charge in [0.25, 0.3) is 0 Å². The fourth-order valence-corrected chi connectivity index (χ4v) is 1.44. The van der Waals surface area contributed by atoms with Crippen LogP contribution in [0.1, 0.15) is 13.8 Å². The highest BCUT2D eigenvalue weighted by atomic mass is 32.5. The van der Waals surface area contributed by atoms with Crippen molar-refractivity contribution in [2.24, 2.45) is 5.92 Å². The van der Waals surface area contributed by atoms with Gasteiger partial charge >= 0.3 is 6.72 Å². The Morgan fingerprint density at radius 2 is 1.73 bits per heavy atom. The van der Waals surface area contributed by atoms with E-state index < -0.39 is 6.72 Å². The first-order valence-corrected chi connectivity index (χ1v) is 5.95. The summed E-state index contributed by atoms with van der Waals surface area (Å²) in [4.78, 5) is 0. The lowest BCUT2D eigenvalue weighted by atomic mass is 10.2. The van der Waals surface area contributed by atoms with Crippen molar-refractivity contribution in [3.05, 3.63) is 0 Å². The average molecular weight is 198 g/mol. The molecular weight excluding hydrogens is 183 g/mol. The van der Waals surface area contributed by atoms with E-state index in [1.165, 1.54) is 14.2 Å². The molecular formula is C6H15O3PS. The molecule has 0 N–H and O–H groups in total. The van der Waals surface area contributed by atoms with Gasteiger partial charge in [-0.3, -0.25) is 0 Å². The van der Waals surface area contributed by atoms with E-state index in [9.17, 15) is 0 Å². The molecule has 0 aliphatic heterocycles. The van der Waals surface area contributed by atoms with Crippen LogP contribution in [-0.4, -0.2) is 20.8 Å². The first-order chi connectivity index (χ1) is 5.04. The van der Waals surface area contributed by atoms with E-state index in [1.54, 1.807) is 0 Å². The fraction of sp³-hybridized carbons (Fsp3) is 1.00. The van der Waals surface area contributed by atoms with Crippen LogP contribution < -0.4 is 0 Å². The topological polar surface area (TPSA) is 27.7 Å². The fourth-order valence-electron chi connectivity index (χ4n) is 0.420. The molecule has 0 radical (unpaired) electrons. The van der Waals surface area contributed by atoms with Crippen molar-refractivity contribution in [3.63, 3.8) is 0 Å². The molecule has 11 heavy (non-hydrogen) atoms. The molecule has 0 aliphatic rings. The Labute approximate surface area is 73.3 Å². The van der Waals surface area contributed by atoms with E-state index in [1.807, 2.05) is 13.8 Å². The van der Waals surface area contributed by atoms with Gasteiger partial charge in [0, 0.05) is 14.2 Å². The predicted molar refractivity (Wildman–Crippen MR) is 49.1 cm³/mol. The zero-order valence-corrected chi connectivity index (χ0v) is 9.08. The monoisotopic (exact) mass is 198 g/mol. The third kappa shape index (κ3) is 4.88. The van der Waals surface area contributed by atoms with Crippen LogP contribution in [0.5, 0.6) is 0 Å². The molecule has 0 aromatic heterocycles. The van der Waals surface area contributed by atoms with E-state index in [0.717, 1.165) is 0 Å². The summed E-state index contributed by atoms with van der Waals surface area (Å²) in [6.07, 6.45) is 0. The van der Waals surface area contributed by atoms with Crippen LogP contribution in [0.15, 0.2) is 0 Å². The lowest BCUT2D eigenvalue weighted by Crippen LogP contribution is -2.02. The first-order valence-electron chi connectivity index (χ1n) is 3.40. The maximum atomic E-state index is 5.27. The standard InChI is InChI=1S/C6H15O3PS/c1-6(2)5-9-10(11,7-3)8-4/h6H,5H2,1-4H3. The Bertz CT molecular complexity index is 141. The molecule has 3 nitrogen and oxygen atoms in total. The van der Waals surface area contributed by atoms with Crippen molar-refractivity contribution >= 4 is 18.5 Å². The second-order valence-electron chi connectivity index (χ2n) is 2.50. The molecule has 0 amide bonds. The smallest absolute Gasteiger partial charge is 0.312 e. The Kier molecular flexibility index (Phi) is 5.48. The third-order valence-corrected chi connectivity index (χ3v) is 3.58.